The first-order valence-electron chi connectivity index (χ1n) is 6.59. The number of urea groups is 1. The van der Waals surface area contributed by atoms with Crippen molar-refractivity contribution < 1.29 is 9.59 Å². The number of hydrogen-bond acceptors (Lipinski definition) is 2. The molecule has 0 bridgehead atoms. The third kappa shape index (κ3) is 2.10. The van der Waals surface area contributed by atoms with Crippen molar-refractivity contribution in [3.8, 4) is 0 Å². The summed E-state index contributed by atoms with van der Waals surface area (Å²) < 4.78 is 0. The molecular weight excluding hydrogens is 218 g/mol. The fourth-order valence-electron chi connectivity index (χ4n) is 2.70. The number of hydrogen-bond donors (Lipinski definition) is 0. The van der Waals surface area contributed by atoms with Crippen LogP contribution in [0.15, 0.2) is 0 Å². The molecule has 1 aliphatic carbocycles. The fraction of sp³-hybridized carbons (Fsp3) is 0.833. The normalized spacial score (nSPS) is 24.9. The molecule has 5 nitrogen and oxygen atoms in total. The maximum Gasteiger partial charge on any atom is 0.320 e. The van der Waals surface area contributed by atoms with Crippen LogP contribution >= 0.6 is 0 Å². The summed E-state index contributed by atoms with van der Waals surface area (Å²) in [5, 5.41) is 0. The van der Waals surface area contributed by atoms with Crippen molar-refractivity contribution in [2.45, 2.75) is 31.7 Å². The average Bonchev–Trinajstić information content (AvgIpc) is 2.89. The molecule has 2 saturated heterocycles. The van der Waals surface area contributed by atoms with Gasteiger partial charge in [0.15, 0.2) is 0 Å². The minimum absolute atomic E-state index is 0.0695. The van der Waals surface area contributed by atoms with E-state index in [9.17, 15) is 9.59 Å². The van der Waals surface area contributed by atoms with Crippen LogP contribution in [-0.4, -0.2) is 65.4 Å². The Morgan fingerprint density at radius 2 is 1.82 bits per heavy atom. The molecule has 0 unspecified atom stereocenters. The Labute approximate surface area is 101 Å². The number of amides is 3. The van der Waals surface area contributed by atoms with Crippen LogP contribution in [0.5, 0.6) is 0 Å². The largest absolute Gasteiger partial charge is 0.341 e. The summed E-state index contributed by atoms with van der Waals surface area (Å²) in [5.74, 6) is 0.119. The van der Waals surface area contributed by atoms with Gasteiger partial charge in [0, 0.05) is 32.2 Å². The molecule has 3 aliphatic rings. The molecule has 0 N–H and O–H groups in total. The van der Waals surface area contributed by atoms with E-state index in [1.54, 1.807) is 4.90 Å². The first kappa shape index (κ1) is 10.9. The second kappa shape index (κ2) is 4.20. The Balaban J connectivity index is 1.54. The molecule has 1 saturated carbocycles. The fourth-order valence-corrected chi connectivity index (χ4v) is 2.70. The van der Waals surface area contributed by atoms with Crippen LogP contribution < -0.4 is 0 Å². The van der Waals surface area contributed by atoms with Crippen molar-refractivity contribution in [1.82, 2.24) is 14.7 Å². The van der Waals surface area contributed by atoms with Crippen LogP contribution in [0, 0.1) is 0 Å². The molecule has 2 heterocycles. The number of likely N-dealkylation sites (tertiary alicyclic amines) is 1. The average molecular weight is 237 g/mol. The zero-order chi connectivity index (χ0) is 11.8. The molecule has 0 aromatic carbocycles. The lowest BCUT2D eigenvalue weighted by Gasteiger charge is -2.21. The van der Waals surface area contributed by atoms with Crippen LogP contribution in [-0.2, 0) is 4.79 Å². The quantitative estimate of drug-likeness (QED) is 0.718. The second-order valence-electron chi connectivity index (χ2n) is 5.22. The Morgan fingerprint density at radius 1 is 1.12 bits per heavy atom. The van der Waals surface area contributed by atoms with Gasteiger partial charge >= 0.3 is 6.03 Å². The highest BCUT2D eigenvalue weighted by molar-refractivity contribution is 5.85. The number of carbonyl (C=O) groups is 2. The van der Waals surface area contributed by atoms with Crippen LogP contribution in [0.1, 0.15) is 25.7 Å². The van der Waals surface area contributed by atoms with E-state index in [0.29, 0.717) is 6.04 Å². The smallest absolute Gasteiger partial charge is 0.320 e. The topological polar surface area (TPSA) is 43.9 Å². The maximum absolute atomic E-state index is 12.0. The monoisotopic (exact) mass is 237 g/mol. The summed E-state index contributed by atoms with van der Waals surface area (Å²) in [4.78, 5) is 29.5. The van der Waals surface area contributed by atoms with E-state index < -0.39 is 0 Å². The van der Waals surface area contributed by atoms with Crippen LogP contribution in [0.25, 0.3) is 0 Å². The number of nitrogens with zero attached hydrogens (tertiary/aromatic N) is 3. The molecular formula is C12H19N3O2. The Bertz CT molecular complexity index is 335. The first-order chi connectivity index (χ1) is 8.25. The molecule has 3 amide bonds. The molecule has 0 aromatic heterocycles. The Hall–Kier alpha value is -1.26. The van der Waals surface area contributed by atoms with E-state index in [2.05, 4.69) is 0 Å². The van der Waals surface area contributed by atoms with E-state index in [1.165, 1.54) is 0 Å². The third-order valence-electron chi connectivity index (χ3n) is 3.90. The summed E-state index contributed by atoms with van der Waals surface area (Å²) in [7, 11) is 0. The summed E-state index contributed by atoms with van der Waals surface area (Å²) in [6.45, 7) is 3.54. The summed E-state index contributed by atoms with van der Waals surface area (Å²) >= 11 is 0. The molecule has 2 aliphatic heterocycles. The lowest BCUT2D eigenvalue weighted by Crippen LogP contribution is -2.41. The molecule has 17 heavy (non-hydrogen) atoms. The number of carbonyl (C=O) groups excluding carboxylic acids is 2. The Kier molecular flexibility index (Phi) is 2.68. The van der Waals surface area contributed by atoms with Gasteiger partial charge in [-0.3, -0.25) is 4.79 Å². The molecule has 5 heteroatoms. The first-order valence-corrected chi connectivity index (χ1v) is 6.59. The second-order valence-corrected chi connectivity index (χ2v) is 5.22. The van der Waals surface area contributed by atoms with Crippen molar-refractivity contribution in [2.75, 3.05) is 32.7 Å². The van der Waals surface area contributed by atoms with Crippen molar-refractivity contribution >= 4 is 11.9 Å². The van der Waals surface area contributed by atoms with E-state index in [0.717, 1.165) is 51.9 Å². The molecule has 3 rings (SSSR count). The molecule has 0 atom stereocenters. The standard InChI is InChI=1S/C12H19N3O2/c16-11(13-5-1-2-6-13)9-14-7-8-15(12(14)17)10-3-4-10/h10H,1-9H2. The highest BCUT2D eigenvalue weighted by Gasteiger charge is 2.39. The van der Waals surface area contributed by atoms with Crippen LogP contribution in [0.3, 0.4) is 0 Å². The summed E-state index contributed by atoms with van der Waals surface area (Å²) in [6, 6.07) is 0.537. The zero-order valence-corrected chi connectivity index (χ0v) is 10.1. The van der Waals surface area contributed by atoms with Crippen molar-refractivity contribution in [3.05, 3.63) is 0 Å². The molecule has 0 radical (unpaired) electrons. The van der Waals surface area contributed by atoms with Gasteiger partial charge in [-0.2, -0.15) is 0 Å². The SMILES string of the molecule is O=C(CN1CCN(C2CC2)C1=O)N1CCCC1. The minimum Gasteiger partial charge on any atom is -0.341 e. The van der Waals surface area contributed by atoms with E-state index in [4.69, 9.17) is 0 Å². The van der Waals surface area contributed by atoms with Crippen molar-refractivity contribution in [2.24, 2.45) is 0 Å². The predicted octanol–water partition coefficient (Wildman–Crippen LogP) is 0.509. The van der Waals surface area contributed by atoms with Crippen LogP contribution in [0.2, 0.25) is 0 Å². The highest BCUT2D eigenvalue weighted by Crippen LogP contribution is 2.29. The minimum atomic E-state index is 0.0695. The van der Waals surface area contributed by atoms with Gasteiger partial charge in [0.05, 0.1) is 0 Å². The predicted molar refractivity (Wildman–Crippen MR) is 62.5 cm³/mol. The Morgan fingerprint density at radius 3 is 2.47 bits per heavy atom. The lowest BCUT2D eigenvalue weighted by atomic mass is 10.4. The number of rotatable bonds is 3. The van der Waals surface area contributed by atoms with E-state index in [-0.39, 0.29) is 18.5 Å². The van der Waals surface area contributed by atoms with Crippen molar-refractivity contribution in [3.63, 3.8) is 0 Å². The van der Waals surface area contributed by atoms with E-state index in [1.807, 2.05) is 9.80 Å². The molecule has 3 fully saturated rings. The lowest BCUT2D eigenvalue weighted by molar-refractivity contribution is -0.130. The van der Waals surface area contributed by atoms with Gasteiger partial charge < -0.3 is 14.7 Å². The molecule has 0 aromatic rings. The van der Waals surface area contributed by atoms with Crippen LogP contribution in [0.4, 0.5) is 4.79 Å². The van der Waals surface area contributed by atoms with Crippen molar-refractivity contribution in [1.29, 1.82) is 0 Å². The van der Waals surface area contributed by atoms with Gasteiger partial charge in [-0.15, -0.1) is 0 Å². The molecule has 0 spiro atoms. The van der Waals surface area contributed by atoms with Gasteiger partial charge in [0.25, 0.3) is 0 Å². The van der Waals surface area contributed by atoms with Gasteiger partial charge in [0.1, 0.15) is 6.54 Å². The van der Waals surface area contributed by atoms with Gasteiger partial charge in [-0.25, -0.2) is 4.79 Å². The van der Waals surface area contributed by atoms with Gasteiger partial charge in [-0.05, 0) is 25.7 Å². The van der Waals surface area contributed by atoms with Gasteiger partial charge in [-0.1, -0.05) is 0 Å². The summed E-state index contributed by atoms with van der Waals surface area (Å²) in [5.41, 5.74) is 0. The third-order valence-corrected chi connectivity index (χ3v) is 3.90. The van der Waals surface area contributed by atoms with E-state index >= 15 is 0 Å². The highest BCUT2D eigenvalue weighted by atomic mass is 16.2. The van der Waals surface area contributed by atoms with Gasteiger partial charge in [0.2, 0.25) is 5.91 Å². The zero-order valence-electron chi connectivity index (χ0n) is 10.1. The maximum atomic E-state index is 12.0. The molecule has 94 valence electrons. The summed E-state index contributed by atoms with van der Waals surface area (Å²) in [6.07, 6.45) is 4.49.